The number of amides is 1. The number of benzene rings is 1. The van der Waals surface area contributed by atoms with Crippen molar-refractivity contribution in [1.29, 1.82) is 5.26 Å². The molecule has 0 atom stereocenters. The number of nitrogen functional groups attached to an aromatic ring is 1. The Hall–Kier alpha value is -3.68. The van der Waals surface area contributed by atoms with Gasteiger partial charge in [0, 0.05) is 11.6 Å². The number of nitrogens with zero attached hydrogens (tertiary/aromatic N) is 3. The van der Waals surface area contributed by atoms with E-state index >= 15 is 0 Å². The van der Waals surface area contributed by atoms with E-state index in [0.717, 1.165) is 11.3 Å². The number of nitro groups is 1. The summed E-state index contributed by atoms with van der Waals surface area (Å²) in [5.74, 6) is 0.188. The number of nitro benzene ring substituents is 1. The molecule has 0 spiro atoms. The number of nitrogens with two attached hydrogens (primary N) is 1. The number of hydrogen-bond acceptors (Lipinski definition) is 8. The third-order valence-corrected chi connectivity index (χ3v) is 5.34. The van der Waals surface area contributed by atoms with Crippen LogP contribution in [0.2, 0.25) is 5.02 Å². The first kappa shape index (κ1) is 20.1. The van der Waals surface area contributed by atoms with Crippen molar-refractivity contribution in [3.8, 4) is 17.4 Å². The molecule has 1 amide bonds. The molecule has 29 heavy (non-hydrogen) atoms. The Balaban J connectivity index is 1.73. The van der Waals surface area contributed by atoms with Gasteiger partial charge in [-0.15, -0.1) is 11.3 Å². The lowest BCUT2D eigenvalue weighted by Gasteiger charge is -1.99. The smallest absolute Gasteiger partial charge is 0.288 e. The molecule has 0 unspecified atom stereocenters. The Morgan fingerprint density at radius 2 is 2.21 bits per heavy atom. The van der Waals surface area contributed by atoms with Crippen LogP contribution in [0.1, 0.15) is 26.6 Å². The molecular weight excluding hydrogens is 418 g/mol. The molecule has 9 nitrogen and oxygen atoms in total. The van der Waals surface area contributed by atoms with Gasteiger partial charge in [-0.3, -0.25) is 14.9 Å². The molecule has 0 radical (unpaired) electrons. The average molecular weight is 430 g/mol. The van der Waals surface area contributed by atoms with Gasteiger partial charge in [0.2, 0.25) is 0 Å². The van der Waals surface area contributed by atoms with Crippen molar-refractivity contribution in [2.45, 2.75) is 6.92 Å². The third kappa shape index (κ3) is 4.11. The Bertz CT molecular complexity index is 1190. The molecule has 0 aliphatic heterocycles. The molecule has 0 aliphatic rings. The summed E-state index contributed by atoms with van der Waals surface area (Å²) in [6, 6.07) is 9.47. The van der Waals surface area contributed by atoms with Crippen LogP contribution in [0.25, 0.3) is 11.3 Å². The van der Waals surface area contributed by atoms with Crippen molar-refractivity contribution in [1.82, 2.24) is 5.43 Å². The molecule has 3 aromatic rings. The normalized spacial score (nSPS) is 10.8. The molecule has 0 bridgehead atoms. The molecule has 2 aromatic heterocycles. The summed E-state index contributed by atoms with van der Waals surface area (Å²) in [7, 11) is 0. The zero-order chi connectivity index (χ0) is 21.1. The average Bonchev–Trinajstić information content (AvgIpc) is 3.26. The lowest BCUT2D eigenvalue weighted by molar-refractivity contribution is -0.384. The van der Waals surface area contributed by atoms with Crippen molar-refractivity contribution < 1.29 is 14.1 Å². The summed E-state index contributed by atoms with van der Waals surface area (Å²) in [6.07, 6.45) is 1.28. The molecule has 3 N–H and O–H groups in total. The maximum Gasteiger partial charge on any atom is 0.288 e. The van der Waals surface area contributed by atoms with E-state index in [4.69, 9.17) is 27.0 Å². The van der Waals surface area contributed by atoms with Crippen molar-refractivity contribution in [3.05, 3.63) is 67.2 Å². The highest BCUT2D eigenvalue weighted by atomic mass is 35.5. The van der Waals surface area contributed by atoms with Crippen molar-refractivity contribution >= 4 is 45.7 Å². The first-order valence-electron chi connectivity index (χ1n) is 7.98. The number of nitrogens with one attached hydrogen (secondary N) is 1. The van der Waals surface area contributed by atoms with Gasteiger partial charge in [0.05, 0.1) is 16.7 Å². The molecule has 3 rings (SSSR count). The van der Waals surface area contributed by atoms with Crippen LogP contribution < -0.4 is 11.2 Å². The third-order valence-electron chi connectivity index (χ3n) is 3.90. The van der Waals surface area contributed by atoms with Gasteiger partial charge in [0.15, 0.2) is 0 Å². The molecule has 1 aromatic carbocycles. The Morgan fingerprint density at radius 3 is 2.86 bits per heavy atom. The largest absolute Gasteiger partial charge is 0.455 e. The van der Waals surface area contributed by atoms with Crippen LogP contribution in [0.5, 0.6) is 0 Å². The quantitative estimate of drug-likeness (QED) is 0.354. The molecule has 0 saturated heterocycles. The molecule has 0 saturated carbocycles. The van der Waals surface area contributed by atoms with Crippen LogP contribution in [0.4, 0.5) is 10.7 Å². The predicted octanol–water partition coefficient (Wildman–Crippen LogP) is 4.10. The number of furan rings is 1. The number of halogens is 1. The molecule has 0 fully saturated rings. The number of carbonyl (C=O) groups is 1. The summed E-state index contributed by atoms with van der Waals surface area (Å²) in [4.78, 5) is 22.9. The van der Waals surface area contributed by atoms with Crippen LogP contribution in [0.15, 0.2) is 39.9 Å². The number of nitriles is 1. The van der Waals surface area contributed by atoms with Gasteiger partial charge >= 0.3 is 0 Å². The minimum atomic E-state index is -0.580. The van der Waals surface area contributed by atoms with E-state index in [-0.39, 0.29) is 21.3 Å². The van der Waals surface area contributed by atoms with E-state index in [1.165, 1.54) is 18.3 Å². The standard InChI is InChI=1S/C18H12ClN5O4S/c1-9-12(7-20)17(21)29-16(9)18(25)23-22-8-11-3-5-15(28-11)10-2-4-13(19)14(6-10)24(26)27/h2-6,8H,21H2,1H3,(H,23,25)/b22-8+. The summed E-state index contributed by atoms with van der Waals surface area (Å²) in [5.41, 5.74) is 9.07. The number of hydrogen-bond donors (Lipinski definition) is 2. The maximum absolute atomic E-state index is 12.2. The summed E-state index contributed by atoms with van der Waals surface area (Å²) in [6.45, 7) is 1.63. The SMILES string of the molecule is Cc1c(C(=O)N/N=C/c2ccc(-c3ccc(Cl)c([N+](=O)[O-])c3)o2)sc(N)c1C#N. The van der Waals surface area contributed by atoms with E-state index in [9.17, 15) is 14.9 Å². The van der Waals surface area contributed by atoms with E-state index < -0.39 is 10.8 Å². The summed E-state index contributed by atoms with van der Waals surface area (Å²) in [5, 5.41) is 24.2. The highest BCUT2D eigenvalue weighted by Gasteiger charge is 2.18. The highest BCUT2D eigenvalue weighted by Crippen LogP contribution is 2.31. The van der Waals surface area contributed by atoms with E-state index in [0.29, 0.717) is 27.5 Å². The van der Waals surface area contributed by atoms with Gasteiger partial charge in [-0.25, -0.2) is 5.43 Å². The van der Waals surface area contributed by atoms with Crippen molar-refractivity contribution in [3.63, 3.8) is 0 Å². The zero-order valence-electron chi connectivity index (χ0n) is 14.8. The maximum atomic E-state index is 12.2. The minimum Gasteiger partial charge on any atom is -0.455 e. The van der Waals surface area contributed by atoms with E-state index in [1.54, 1.807) is 25.1 Å². The summed E-state index contributed by atoms with van der Waals surface area (Å²) < 4.78 is 5.57. The fourth-order valence-corrected chi connectivity index (χ4v) is 3.58. The monoisotopic (exact) mass is 429 g/mol. The van der Waals surface area contributed by atoms with Gasteiger partial charge in [0.1, 0.15) is 32.5 Å². The van der Waals surface area contributed by atoms with E-state index in [2.05, 4.69) is 10.5 Å². The molecule has 2 heterocycles. The Labute approximate surface area is 173 Å². The summed E-state index contributed by atoms with van der Waals surface area (Å²) >= 11 is 6.81. The van der Waals surface area contributed by atoms with Gasteiger partial charge < -0.3 is 10.2 Å². The number of anilines is 1. The van der Waals surface area contributed by atoms with Crippen LogP contribution in [0.3, 0.4) is 0 Å². The number of rotatable bonds is 5. The molecular formula is C18H12ClN5O4S. The lowest BCUT2D eigenvalue weighted by Crippen LogP contribution is -2.17. The Morgan fingerprint density at radius 1 is 1.45 bits per heavy atom. The second-order valence-electron chi connectivity index (χ2n) is 5.73. The first-order chi connectivity index (χ1) is 13.8. The highest BCUT2D eigenvalue weighted by molar-refractivity contribution is 7.18. The van der Waals surface area contributed by atoms with Gasteiger partial charge in [-0.2, -0.15) is 10.4 Å². The fraction of sp³-hybridized carbons (Fsp3) is 0.0556. The first-order valence-corrected chi connectivity index (χ1v) is 9.17. The second kappa shape index (κ2) is 8.14. The van der Waals surface area contributed by atoms with E-state index in [1.807, 2.05) is 6.07 Å². The second-order valence-corrected chi connectivity index (χ2v) is 7.19. The predicted molar refractivity (Wildman–Crippen MR) is 109 cm³/mol. The van der Waals surface area contributed by atoms with Crippen LogP contribution in [-0.4, -0.2) is 17.0 Å². The van der Waals surface area contributed by atoms with Crippen molar-refractivity contribution in [2.24, 2.45) is 5.10 Å². The number of carbonyl (C=O) groups excluding carboxylic acids is 1. The van der Waals surface area contributed by atoms with Gasteiger partial charge in [0.25, 0.3) is 11.6 Å². The minimum absolute atomic E-state index is 0.0267. The molecule has 146 valence electrons. The van der Waals surface area contributed by atoms with Crippen LogP contribution in [0, 0.1) is 28.4 Å². The van der Waals surface area contributed by atoms with Crippen LogP contribution >= 0.6 is 22.9 Å². The zero-order valence-corrected chi connectivity index (χ0v) is 16.4. The molecule has 11 heteroatoms. The number of hydrazone groups is 1. The van der Waals surface area contributed by atoms with Crippen molar-refractivity contribution in [2.75, 3.05) is 5.73 Å². The van der Waals surface area contributed by atoms with Gasteiger partial charge in [-0.05, 0) is 36.8 Å². The van der Waals surface area contributed by atoms with Crippen LogP contribution in [-0.2, 0) is 0 Å². The number of thiophene rings is 1. The Kier molecular flexibility index (Phi) is 5.63. The topological polar surface area (TPSA) is 148 Å². The lowest BCUT2D eigenvalue weighted by atomic mass is 10.1. The molecule has 0 aliphatic carbocycles. The fourth-order valence-electron chi connectivity index (χ4n) is 2.48. The van der Waals surface area contributed by atoms with Gasteiger partial charge in [-0.1, -0.05) is 11.6 Å².